The van der Waals surface area contributed by atoms with Gasteiger partial charge in [0.15, 0.2) is 13.2 Å². The van der Waals surface area contributed by atoms with Gasteiger partial charge in [0.2, 0.25) is 5.78 Å². The van der Waals surface area contributed by atoms with Gasteiger partial charge in [-0.05, 0) is 24.6 Å². The minimum Gasteiger partial charge on any atom is -0.482 e. The van der Waals surface area contributed by atoms with Crippen LogP contribution in [0.4, 0.5) is 0 Å². The van der Waals surface area contributed by atoms with Crippen LogP contribution in [0.25, 0.3) is 10.9 Å². The molecule has 0 bridgehead atoms. The number of benzene rings is 2. The number of hydrogen-bond donors (Lipinski definition) is 1. The van der Waals surface area contributed by atoms with Crippen LogP contribution >= 0.6 is 0 Å². The number of carbonyl (C=O) groups excluding carboxylic acids is 2. The molecule has 2 aromatic carbocycles. The lowest BCUT2D eigenvalue weighted by Gasteiger charge is -2.08. The zero-order valence-corrected chi connectivity index (χ0v) is 13.2. The molecule has 3 rings (SSSR count). The van der Waals surface area contributed by atoms with Gasteiger partial charge in [0.25, 0.3) is 0 Å². The first-order chi connectivity index (χ1) is 11.6. The molecule has 0 unspecified atom stereocenters. The van der Waals surface area contributed by atoms with Crippen LogP contribution in [0, 0.1) is 6.92 Å². The molecule has 5 heteroatoms. The maximum atomic E-state index is 12.2. The van der Waals surface area contributed by atoms with Gasteiger partial charge in [0.1, 0.15) is 5.75 Å². The van der Waals surface area contributed by atoms with E-state index in [1.54, 1.807) is 12.3 Å². The number of aromatic amines is 1. The first-order valence-electron chi connectivity index (χ1n) is 7.58. The first-order valence-corrected chi connectivity index (χ1v) is 7.58. The molecular weight excluding hydrogens is 306 g/mol. The smallest absolute Gasteiger partial charge is 0.344 e. The van der Waals surface area contributed by atoms with Crippen molar-refractivity contribution in [1.82, 2.24) is 4.98 Å². The van der Waals surface area contributed by atoms with Crippen molar-refractivity contribution in [2.75, 3.05) is 13.2 Å². The number of H-pyrrole nitrogens is 1. The molecule has 3 aromatic rings. The van der Waals surface area contributed by atoms with E-state index in [9.17, 15) is 9.59 Å². The average Bonchev–Trinajstić information content (AvgIpc) is 3.03. The molecule has 1 N–H and O–H groups in total. The number of ether oxygens (including phenoxy) is 2. The van der Waals surface area contributed by atoms with Gasteiger partial charge in [-0.1, -0.05) is 36.4 Å². The summed E-state index contributed by atoms with van der Waals surface area (Å²) in [7, 11) is 0. The fourth-order valence-electron chi connectivity index (χ4n) is 2.42. The van der Waals surface area contributed by atoms with Crippen LogP contribution in [0.2, 0.25) is 0 Å². The normalized spacial score (nSPS) is 10.5. The van der Waals surface area contributed by atoms with E-state index < -0.39 is 5.97 Å². The van der Waals surface area contributed by atoms with Crippen molar-refractivity contribution in [3.05, 3.63) is 65.9 Å². The number of esters is 1. The highest BCUT2D eigenvalue weighted by atomic mass is 16.6. The summed E-state index contributed by atoms with van der Waals surface area (Å²) in [5, 5.41) is 0.815. The Kier molecular flexibility index (Phi) is 4.61. The Morgan fingerprint density at radius 1 is 1.00 bits per heavy atom. The number of aromatic nitrogens is 1. The van der Waals surface area contributed by atoms with Gasteiger partial charge >= 0.3 is 5.97 Å². The Hall–Kier alpha value is -3.08. The molecule has 1 heterocycles. The van der Waals surface area contributed by atoms with E-state index in [-0.39, 0.29) is 19.0 Å². The molecule has 122 valence electrons. The molecule has 0 atom stereocenters. The fourth-order valence-corrected chi connectivity index (χ4v) is 2.42. The van der Waals surface area contributed by atoms with Crippen LogP contribution in [0.5, 0.6) is 5.75 Å². The molecule has 0 amide bonds. The molecule has 5 nitrogen and oxygen atoms in total. The molecule has 0 radical (unpaired) electrons. The number of ketones is 1. The monoisotopic (exact) mass is 323 g/mol. The van der Waals surface area contributed by atoms with E-state index in [0.717, 1.165) is 16.5 Å². The van der Waals surface area contributed by atoms with Gasteiger partial charge in [-0.3, -0.25) is 4.79 Å². The van der Waals surface area contributed by atoms with E-state index >= 15 is 0 Å². The quantitative estimate of drug-likeness (QED) is 0.558. The van der Waals surface area contributed by atoms with Crippen molar-refractivity contribution >= 4 is 22.7 Å². The van der Waals surface area contributed by atoms with Gasteiger partial charge in [-0.15, -0.1) is 0 Å². The van der Waals surface area contributed by atoms with Crippen molar-refractivity contribution in [3.63, 3.8) is 0 Å². The predicted octanol–water partition coefficient (Wildman–Crippen LogP) is 3.28. The molecule has 0 spiro atoms. The van der Waals surface area contributed by atoms with E-state index in [2.05, 4.69) is 4.98 Å². The predicted molar refractivity (Wildman–Crippen MR) is 90.3 cm³/mol. The summed E-state index contributed by atoms with van der Waals surface area (Å²) < 4.78 is 10.4. The van der Waals surface area contributed by atoms with Crippen molar-refractivity contribution in [2.45, 2.75) is 6.92 Å². The third kappa shape index (κ3) is 3.46. The summed E-state index contributed by atoms with van der Waals surface area (Å²) in [6.07, 6.45) is 1.63. The minimum atomic E-state index is -0.577. The summed E-state index contributed by atoms with van der Waals surface area (Å²) in [5.41, 5.74) is 2.31. The van der Waals surface area contributed by atoms with Crippen LogP contribution in [-0.4, -0.2) is 30.0 Å². The summed E-state index contributed by atoms with van der Waals surface area (Å²) in [6, 6.07) is 14.9. The highest BCUT2D eigenvalue weighted by Crippen LogP contribution is 2.18. The number of hydrogen-bond acceptors (Lipinski definition) is 4. The molecular formula is C19H17NO4. The van der Waals surface area contributed by atoms with Crippen LogP contribution in [0.15, 0.2) is 54.7 Å². The molecule has 0 aliphatic rings. The van der Waals surface area contributed by atoms with Crippen LogP contribution in [0.1, 0.15) is 15.9 Å². The lowest BCUT2D eigenvalue weighted by molar-refractivity contribution is -0.144. The number of rotatable bonds is 6. The van der Waals surface area contributed by atoms with Crippen LogP contribution in [-0.2, 0) is 9.53 Å². The number of nitrogens with one attached hydrogen (secondary N) is 1. The van der Waals surface area contributed by atoms with Gasteiger partial charge in [0.05, 0.1) is 0 Å². The number of para-hydroxylation sites is 2. The zero-order valence-electron chi connectivity index (χ0n) is 13.2. The molecule has 0 saturated heterocycles. The van der Waals surface area contributed by atoms with Gasteiger partial charge in [-0.2, -0.15) is 0 Å². The Morgan fingerprint density at radius 3 is 2.58 bits per heavy atom. The molecule has 24 heavy (non-hydrogen) atoms. The second-order valence-electron chi connectivity index (χ2n) is 5.39. The van der Waals surface area contributed by atoms with E-state index in [4.69, 9.17) is 9.47 Å². The van der Waals surface area contributed by atoms with Crippen LogP contribution < -0.4 is 4.74 Å². The molecule has 0 fully saturated rings. The van der Waals surface area contributed by atoms with E-state index in [1.165, 1.54) is 0 Å². The standard InChI is InChI=1S/C19H17NO4/c1-13-6-2-5-9-18(13)23-12-19(22)24-11-17(21)15-10-20-16-8-4-3-7-14(15)16/h2-10,20H,11-12H2,1H3. The molecule has 1 aromatic heterocycles. The average molecular weight is 323 g/mol. The van der Waals surface area contributed by atoms with E-state index in [0.29, 0.717) is 11.3 Å². The molecule has 0 aliphatic carbocycles. The van der Waals surface area contributed by atoms with Crippen molar-refractivity contribution in [3.8, 4) is 5.75 Å². The highest BCUT2D eigenvalue weighted by molar-refractivity contribution is 6.08. The first kappa shape index (κ1) is 15.8. The fraction of sp³-hybridized carbons (Fsp3) is 0.158. The summed E-state index contributed by atoms with van der Waals surface area (Å²) in [4.78, 5) is 27.0. The maximum absolute atomic E-state index is 12.2. The minimum absolute atomic E-state index is 0.230. The van der Waals surface area contributed by atoms with E-state index in [1.807, 2.05) is 49.4 Å². The van der Waals surface area contributed by atoms with Crippen molar-refractivity contribution in [2.24, 2.45) is 0 Å². The Balaban J connectivity index is 1.54. The van der Waals surface area contributed by atoms with Crippen LogP contribution in [0.3, 0.4) is 0 Å². The SMILES string of the molecule is Cc1ccccc1OCC(=O)OCC(=O)c1c[nH]c2ccccc12. The highest BCUT2D eigenvalue weighted by Gasteiger charge is 2.14. The van der Waals surface area contributed by atoms with Gasteiger partial charge in [-0.25, -0.2) is 4.79 Å². The number of aryl methyl sites for hydroxylation is 1. The van der Waals surface area contributed by atoms with Crippen molar-refractivity contribution in [1.29, 1.82) is 0 Å². The molecule has 0 saturated carbocycles. The second kappa shape index (κ2) is 7.00. The van der Waals surface area contributed by atoms with Crippen molar-refractivity contribution < 1.29 is 19.1 Å². The molecule has 0 aliphatic heterocycles. The third-order valence-corrected chi connectivity index (χ3v) is 3.69. The summed E-state index contributed by atoms with van der Waals surface area (Å²) in [6.45, 7) is 1.35. The number of Topliss-reactive ketones (excluding diaryl/α,β-unsaturated/α-hetero) is 1. The Bertz CT molecular complexity index is 882. The summed E-state index contributed by atoms with van der Waals surface area (Å²) >= 11 is 0. The number of carbonyl (C=O) groups is 2. The maximum Gasteiger partial charge on any atom is 0.344 e. The largest absolute Gasteiger partial charge is 0.482 e. The Labute approximate surface area is 139 Å². The third-order valence-electron chi connectivity index (χ3n) is 3.69. The lowest BCUT2D eigenvalue weighted by Crippen LogP contribution is -2.19. The number of fused-ring (bicyclic) bond motifs is 1. The van der Waals surface area contributed by atoms with Gasteiger partial charge in [0, 0.05) is 22.7 Å². The topological polar surface area (TPSA) is 68.4 Å². The Morgan fingerprint density at radius 2 is 1.75 bits per heavy atom. The lowest BCUT2D eigenvalue weighted by atomic mass is 10.1. The second-order valence-corrected chi connectivity index (χ2v) is 5.39. The zero-order chi connectivity index (χ0) is 16.9. The van der Waals surface area contributed by atoms with Gasteiger partial charge < -0.3 is 14.5 Å². The summed E-state index contributed by atoms with van der Waals surface area (Å²) in [5.74, 6) is -0.208.